The summed E-state index contributed by atoms with van der Waals surface area (Å²) >= 11 is 2.53. The Hall–Kier alpha value is -2.72. The van der Waals surface area contributed by atoms with Gasteiger partial charge in [0.15, 0.2) is 0 Å². The Labute approximate surface area is 357 Å². The van der Waals surface area contributed by atoms with Crippen LogP contribution in [0, 0.1) is 0 Å². The first-order chi connectivity index (χ1) is 28.2. The molecule has 0 bridgehead atoms. The van der Waals surface area contributed by atoms with Crippen molar-refractivity contribution < 1.29 is 35.8 Å². The van der Waals surface area contributed by atoms with Crippen molar-refractivity contribution in [3.63, 3.8) is 0 Å². The average Bonchev–Trinajstić information content (AvgIpc) is 3.80. The number of rotatable bonds is 24. The first-order valence-electron chi connectivity index (χ1n) is 22.1. The highest BCUT2D eigenvalue weighted by atomic mass is 32.2. The lowest BCUT2D eigenvalue weighted by atomic mass is 9.71. The van der Waals surface area contributed by atoms with Crippen molar-refractivity contribution in [2.75, 3.05) is 13.2 Å². The summed E-state index contributed by atoms with van der Waals surface area (Å²) in [5, 5.41) is 0. The minimum absolute atomic E-state index is 0.173. The Balaban J connectivity index is 1.14. The summed E-state index contributed by atoms with van der Waals surface area (Å²) in [6.45, 7) is 9.04. The van der Waals surface area contributed by atoms with Crippen molar-refractivity contribution in [1.29, 1.82) is 0 Å². The van der Waals surface area contributed by atoms with Gasteiger partial charge in [-0.3, -0.25) is 0 Å². The predicted molar refractivity (Wildman–Crippen MR) is 235 cm³/mol. The summed E-state index contributed by atoms with van der Waals surface area (Å²) < 4.78 is 104. The van der Waals surface area contributed by atoms with Crippen LogP contribution in [0.2, 0.25) is 0 Å². The van der Waals surface area contributed by atoms with E-state index in [1.807, 2.05) is 48.5 Å². The molecule has 2 aromatic rings. The number of thioether (sulfide) groups is 2. The van der Waals surface area contributed by atoms with E-state index in [9.17, 15) is 0 Å². The molecule has 2 heterocycles. The van der Waals surface area contributed by atoms with Crippen LogP contribution in [-0.4, -0.2) is 40.5 Å². The molecule has 0 radical (unpaired) electrons. The monoisotopic (exact) mass is 860 g/mol. The fourth-order valence-electron chi connectivity index (χ4n) is 8.83. The van der Waals surface area contributed by atoms with E-state index in [1.54, 1.807) is 13.8 Å². The van der Waals surface area contributed by atoms with Gasteiger partial charge in [0.05, 0.1) is 22.7 Å². The van der Waals surface area contributed by atoms with Crippen molar-refractivity contribution in [3.05, 3.63) is 94.1 Å². The molecule has 0 N–H and O–H groups in total. The third kappa shape index (κ3) is 9.25. The van der Waals surface area contributed by atoms with Crippen LogP contribution in [0.4, 0.5) is 26.3 Å². The fourth-order valence-corrected chi connectivity index (χ4v) is 12.0. The molecule has 10 heteroatoms. The van der Waals surface area contributed by atoms with Gasteiger partial charge in [-0.2, -0.15) is 26.3 Å². The van der Waals surface area contributed by atoms with Gasteiger partial charge in [0.25, 0.3) is 0 Å². The van der Waals surface area contributed by atoms with Crippen LogP contribution in [0.15, 0.2) is 83.0 Å². The molecule has 6 rings (SSSR count). The quantitative estimate of drug-likeness (QED) is 0.0773. The second-order valence-corrected chi connectivity index (χ2v) is 19.9. The zero-order valence-corrected chi connectivity index (χ0v) is 36.9. The number of hydrogen-bond acceptors (Lipinski definition) is 4. The number of benzene rings is 2. The number of unbranched alkanes of at least 4 members (excludes halogenated alkanes) is 16. The van der Waals surface area contributed by atoms with Crippen molar-refractivity contribution in [2.24, 2.45) is 0 Å². The fraction of sp³-hybridized carbons (Fsp3) is 0.592. The topological polar surface area (TPSA) is 18.5 Å². The van der Waals surface area contributed by atoms with Crippen LogP contribution in [0.5, 0.6) is 11.5 Å². The van der Waals surface area contributed by atoms with Gasteiger partial charge in [-0.15, -0.1) is 23.5 Å². The normalized spacial score (nSPS) is 23.6. The van der Waals surface area contributed by atoms with Gasteiger partial charge in [0.1, 0.15) is 11.5 Å². The molecule has 59 heavy (non-hydrogen) atoms. The molecule has 2 unspecified atom stereocenters. The van der Waals surface area contributed by atoms with Crippen molar-refractivity contribution in [1.82, 2.24) is 0 Å². The molecule has 2 aromatic carbocycles. The highest BCUT2D eigenvalue weighted by Crippen LogP contribution is 2.75. The Bertz CT molecular complexity index is 1730. The van der Waals surface area contributed by atoms with E-state index in [4.69, 9.17) is 9.47 Å². The maximum absolute atomic E-state index is 15.9. The second kappa shape index (κ2) is 19.5. The third-order valence-electron chi connectivity index (χ3n) is 12.6. The molecular formula is C49H62F6O2S2. The van der Waals surface area contributed by atoms with Crippen LogP contribution in [0.3, 0.4) is 0 Å². The van der Waals surface area contributed by atoms with Crippen LogP contribution in [0.1, 0.15) is 154 Å². The van der Waals surface area contributed by atoms with Gasteiger partial charge < -0.3 is 9.47 Å². The summed E-state index contributed by atoms with van der Waals surface area (Å²) in [6, 6.07) is 14.5. The van der Waals surface area contributed by atoms with Crippen LogP contribution < -0.4 is 9.47 Å². The number of allylic oxidation sites excluding steroid dienone is 4. The molecule has 0 aromatic heterocycles. The molecule has 0 spiro atoms. The van der Waals surface area contributed by atoms with Crippen LogP contribution >= 0.6 is 23.5 Å². The van der Waals surface area contributed by atoms with Gasteiger partial charge >= 0.3 is 17.8 Å². The van der Waals surface area contributed by atoms with E-state index in [2.05, 4.69) is 13.8 Å². The van der Waals surface area contributed by atoms with Crippen LogP contribution in [-0.2, 0) is 0 Å². The second-order valence-electron chi connectivity index (χ2n) is 17.0. The van der Waals surface area contributed by atoms with Crippen molar-refractivity contribution >= 4 is 33.3 Å². The molecule has 1 saturated carbocycles. The summed E-state index contributed by atoms with van der Waals surface area (Å²) in [5.74, 6) is -14.4. The Morgan fingerprint density at radius 1 is 0.441 bits per heavy atom. The summed E-state index contributed by atoms with van der Waals surface area (Å²) in [6.07, 6.45) is 24.6. The average molecular weight is 861 g/mol. The van der Waals surface area contributed by atoms with Crippen molar-refractivity contribution in [2.45, 2.75) is 171 Å². The number of ether oxygens (including phenoxy) is 2. The molecule has 0 saturated heterocycles. The first kappa shape index (κ1) is 45.8. The van der Waals surface area contributed by atoms with E-state index in [1.165, 1.54) is 126 Å². The van der Waals surface area contributed by atoms with Gasteiger partial charge in [0, 0.05) is 21.0 Å². The van der Waals surface area contributed by atoms with E-state index in [0.29, 0.717) is 45.6 Å². The van der Waals surface area contributed by atoms with Gasteiger partial charge in [-0.1, -0.05) is 141 Å². The SMILES string of the molecule is CCCCCCCCCCCOc1ccc(C2=CC3=C4C(=C5C=C(c6ccc(OCCCCCCCCCCC)cc6)SC5(C)C3(C)S2)C(F)(F)C(F)(F)C4(F)F)cc1. The molecule has 2 nitrogen and oxygen atoms in total. The number of hydrogen-bond donors (Lipinski definition) is 0. The van der Waals surface area contributed by atoms with Gasteiger partial charge in [0.2, 0.25) is 0 Å². The maximum atomic E-state index is 15.9. The predicted octanol–water partition coefficient (Wildman–Crippen LogP) is 16.4. The van der Waals surface area contributed by atoms with E-state index >= 15 is 26.3 Å². The summed E-state index contributed by atoms with van der Waals surface area (Å²) in [7, 11) is 0. The standard InChI is InChI=1S/C49H62F6O2S2/c1-5-7-9-11-13-15-17-19-21-31-56-37-27-23-35(24-28-37)41-33-39-43-44(48(52,53)49(54,55)47(43,50)51)40-34-42(59-46(40,4)45(39,3)58-41)36-25-29-38(30-26-36)57-32-22-20-18-16-14-12-10-8-6-2/h23-30,33-34H,5-22,31-32H2,1-4H3. The summed E-state index contributed by atoms with van der Waals surface area (Å²) in [4.78, 5) is 1.11. The third-order valence-corrected chi connectivity index (χ3v) is 16.0. The zero-order valence-electron chi connectivity index (χ0n) is 35.3. The largest absolute Gasteiger partial charge is 0.494 e. The van der Waals surface area contributed by atoms with E-state index in [-0.39, 0.29) is 11.1 Å². The Morgan fingerprint density at radius 2 is 0.746 bits per heavy atom. The zero-order chi connectivity index (χ0) is 42.3. The number of fused-ring (bicyclic) bond motifs is 4. The van der Waals surface area contributed by atoms with Crippen molar-refractivity contribution in [3.8, 4) is 11.5 Å². The summed E-state index contributed by atoms with van der Waals surface area (Å²) in [5.41, 5.74) is -1.49. The molecule has 2 atom stereocenters. The Kier molecular flexibility index (Phi) is 15.2. The lowest BCUT2D eigenvalue weighted by molar-refractivity contribution is -0.258. The Morgan fingerprint density at radius 3 is 1.07 bits per heavy atom. The number of alkyl halides is 6. The lowest BCUT2D eigenvalue weighted by Gasteiger charge is -2.47. The minimum Gasteiger partial charge on any atom is -0.494 e. The smallest absolute Gasteiger partial charge is 0.380 e. The highest BCUT2D eigenvalue weighted by Gasteiger charge is 2.84. The first-order valence-corrected chi connectivity index (χ1v) is 23.8. The molecule has 324 valence electrons. The highest BCUT2D eigenvalue weighted by molar-refractivity contribution is 8.14. The lowest BCUT2D eigenvalue weighted by Crippen LogP contribution is -2.48. The molecule has 0 amide bonds. The molecule has 1 fully saturated rings. The molecular weight excluding hydrogens is 799 g/mol. The van der Waals surface area contributed by atoms with Gasteiger partial charge in [-0.05, 0) is 85.4 Å². The van der Waals surface area contributed by atoms with Gasteiger partial charge in [-0.25, -0.2) is 0 Å². The molecule has 2 aliphatic heterocycles. The van der Waals surface area contributed by atoms with E-state index < -0.39 is 38.4 Å². The van der Waals surface area contributed by atoms with Crippen LogP contribution in [0.25, 0.3) is 9.81 Å². The number of halogens is 6. The molecule has 4 aliphatic rings. The maximum Gasteiger partial charge on any atom is 0.380 e. The van der Waals surface area contributed by atoms with E-state index in [0.717, 1.165) is 25.7 Å². The molecule has 2 aliphatic carbocycles. The minimum atomic E-state index is -5.60.